The minimum atomic E-state index is -0.191. The van der Waals surface area contributed by atoms with E-state index in [1.807, 2.05) is 19.1 Å². The number of hydrogen-bond donors (Lipinski definition) is 1. The van der Waals surface area contributed by atoms with E-state index in [2.05, 4.69) is 34.5 Å². The lowest BCUT2D eigenvalue weighted by Gasteiger charge is -2.32. The minimum Gasteiger partial charge on any atom is -0.454 e. The van der Waals surface area contributed by atoms with Gasteiger partial charge in [-0.15, -0.1) is 0 Å². The molecule has 2 aliphatic rings. The van der Waals surface area contributed by atoms with Gasteiger partial charge < -0.3 is 14.8 Å². The maximum absolute atomic E-state index is 12.6. The summed E-state index contributed by atoms with van der Waals surface area (Å²) >= 11 is 0. The summed E-state index contributed by atoms with van der Waals surface area (Å²) in [6.07, 6.45) is 0.984. The van der Waals surface area contributed by atoms with Crippen molar-refractivity contribution >= 4 is 11.6 Å². The molecule has 0 saturated heterocycles. The fourth-order valence-corrected chi connectivity index (χ4v) is 3.23. The quantitative estimate of drug-likeness (QED) is 0.943. The molecule has 2 aromatic carbocycles. The first-order valence-corrected chi connectivity index (χ1v) is 8.22. The van der Waals surface area contributed by atoms with Crippen LogP contribution in [0, 0.1) is 0 Å². The van der Waals surface area contributed by atoms with Crippen LogP contribution in [0.3, 0.4) is 0 Å². The van der Waals surface area contributed by atoms with Crippen LogP contribution < -0.4 is 14.8 Å². The van der Waals surface area contributed by atoms with Gasteiger partial charge >= 0.3 is 0 Å². The molecule has 0 aromatic heterocycles. The molecule has 1 amide bonds. The Morgan fingerprint density at radius 3 is 2.79 bits per heavy atom. The van der Waals surface area contributed by atoms with Gasteiger partial charge in [0.1, 0.15) is 0 Å². The summed E-state index contributed by atoms with van der Waals surface area (Å²) in [5, 5.41) is 2.98. The van der Waals surface area contributed by atoms with Gasteiger partial charge in [-0.25, -0.2) is 0 Å². The van der Waals surface area contributed by atoms with Gasteiger partial charge in [0.2, 0.25) is 12.7 Å². The van der Waals surface area contributed by atoms with Gasteiger partial charge in [-0.3, -0.25) is 9.69 Å². The summed E-state index contributed by atoms with van der Waals surface area (Å²) in [5.41, 5.74) is 3.43. The van der Waals surface area contributed by atoms with Gasteiger partial charge in [0.05, 0.1) is 6.04 Å². The smallest absolute Gasteiger partial charge is 0.241 e. The molecule has 0 spiro atoms. The molecule has 0 unspecified atom stereocenters. The van der Waals surface area contributed by atoms with E-state index in [9.17, 15) is 4.79 Å². The van der Waals surface area contributed by atoms with Gasteiger partial charge in [-0.05, 0) is 36.6 Å². The Morgan fingerprint density at radius 1 is 1.12 bits per heavy atom. The lowest BCUT2D eigenvalue weighted by molar-refractivity contribution is -0.121. The van der Waals surface area contributed by atoms with Crippen molar-refractivity contribution in [1.29, 1.82) is 0 Å². The Kier molecular flexibility index (Phi) is 3.86. The number of amides is 1. The van der Waals surface area contributed by atoms with Gasteiger partial charge in [0.15, 0.2) is 11.5 Å². The van der Waals surface area contributed by atoms with Crippen molar-refractivity contribution < 1.29 is 14.3 Å². The van der Waals surface area contributed by atoms with Crippen molar-refractivity contribution in [3.8, 4) is 11.5 Å². The molecular formula is C19H20N2O3. The van der Waals surface area contributed by atoms with Crippen LogP contribution in [0.1, 0.15) is 18.1 Å². The lowest BCUT2D eigenvalue weighted by Crippen LogP contribution is -2.44. The normalized spacial score (nSPS) is 17.2. The van der Waals surface area contributed by atoms with Crippen LogP contribution >= 0.6 is 0 Å². The highest BCUT2D eigenvalue weighted by Crippen LogP contribution is 2.34. The standard InChI is InChI=1S/C19H20N2O3/c1-13(21-9-8-14-4-2-3-5-15(14)11-21)19(22)20-16-6-7-17-18(10-16)24-12-23-17/h2-7,10,13H,8-9,11-12H2,1H3,(H,20,22)/t13-/m1/s1. The maximum atomic E-state index is 12.6. The molecule has 0 fully saturated rings. The van der Waals surface area contributed by atoms with E-state index < -0.39 is 0 Å². The molecule has 2 heterocycles. The number of rotatable bonds is 3. The minimum absolute atomic E-state index is 0.00625. The second kappa shape index (κ2) is 6.17. The van der Waals surface area contributed by atoms with Crippen LogP contribution in [0.15, 0.2) is 42.5 Å². The topological polar surface area (TPSA) is 50.8 Å². The van der Waals surface area contributed by atoms with Gasteiger partial charge in [0, 0.05) is 24.8 Å². The predicted molar refractivity (Wildman–Crippen MR) is 91.2 cm³/mol. The van der Waals surface area contributed by atoms with Crippen LogP contribution in [0.4, 0.5) is 5.69 Å². The van der Waals surface area contributed by atoms with Crippen molar-refractivity contribution in [2.45, 2.75) is 25.9 Å². The molecule has 0 bridgehead atoms. The van der Waals surface area contributed by atoms with Crippen molar-refractivity contribution in [2.75, 3.05) is 18.7 Å². The first kappa shape index (κ1) is 15.0. The number of hydrogen-bond acceptors (Lipinski definition) is 4. The Morgan fingerprint density at radius 2 is 1.92 bits per heavy atom. The number of carbonyl (C=O) groups is 1. The molecule has 4 rings (SSSR count). The molecule has 124 valence electrons. The van der Waals surface area contributed by atoms with Crippen molar-refractivity contribution in [2.24, 2.45) is 0 Å². The van der Waals surface area contributed by atoms with E-state index in [0.29, 0.717) is 11.5 Å². The molecule has 1 atom stereocenters. The van der Waals surface area contributed by atoms with Gasteiger partial charge in [0.25, 0.3) is 0 Å². The van der Waals surface area contributed by atoms with Crippen LogP contribution in [0.2, 0.25) is 0 Å². The zero-order chi connectivity index (χ0) is 16.5. The summed E-state index contributed by atoms with van der Waals surface area (Å²) in [5.74, 6) is 1.38. The Bertz CT molecular complexity index is 775. The third-order valence-corrected chi connectivity index (χ3v) is 4.73. The van der Waals surface area contributed by atoms with E-state index >= 15 is 0 Å². The average molecular weight is 324 g/mol. The number of nitrogens with zero attached hydrogens (tertiary/aromatic N) is 1. The van der Waals surface area contributed by atoms with Crippen LogP contribution in [0.5, 0.6) is 11.5 Å². The molecule has 1 N–H and O–H groups in total. The number of nitrogens with one attached hydrogen (secondary N) is 1. The number of anilines is 1. The predicted octanol–water partition coefficient (Wildman–Crippen LogP) is 2.80. The highest BCUT2D eigenvalue weighted by Gasteiger charge is 2.25. The van der Waals surface area contributed by atoms with Crippen LogP contribution in [-0.4, -0.2) is 30.2 Å². The molecule has 24 heavy (non-hydrogen) atoms. The Labute approximate surface area is 141 Å². The third-order valence-electron chi connectivity index (χ3n) is 4.73. The first-order chi connectivity index (χ1) is 11.7. The maximum Gasteiger partial charge on any atom is 0.241 e. The fraction of sp³-hybridized carbons (Fsp3) is 0.316. The van der Waals surface area contributed by atoms with Crippen molar-refractivity contribution in [3.63, 3.8) is 0 Å². The Balaban J connectivity index is 1.43. The monoisotopic (exact) mass is 324 g/mol. The Hall–Kier alpha value is -2.53. The highest BCUT2D eigenvalue weighted by atomic mass is 16.7. The number of fused-ring (bicyclic) bond motifs is 2. The lowest BCUT2D eigenvalue weighted by atomic mass is 9.99. The summed E-state index contributed by atoms with van der Waals surface area (Å²) < 4.78 is 10.6. The second-order valence-corrected chi connectivity index (χ2v) is 6.22. The summed E-state index contributed by atoms with van der Waals surface area (Å²) in [4.78, 5) is 14.8. The summed E-state index contributed by atoms with van der Waals surface area (Å²) in [6, 6.07) is 13.7. The zero-order valence-corrected chi connectivity index (χ0v) is 13.6. The van der Waals surface area contributed by atoms with E-state index in [4.69, 9.17) is 9.47 Å². The fourth-order valence-electron chi connectivity index (χ4n) is 3.23. The van der Waals surface area contributed by atoms with Crippen molar-refractivity contribution in [3.05, 3.63) is 53.6 Å². The van der Waals surface area contributed by atoms with Gasteiger partial charge in [-0.2, -0.15) is 0 Å². The molecule has 2 aliphatic heterocycles. The molecule has 5 nitrogen and oxygen atoms in total. The number of benzene rings is 2. The molecule has 0 radical (unpaired) electrons. The molecule has 2 aromatic rings. The SMILES string of the molecule is C[C@H](C(=O)Nc1ccc2c(c1)OCO2)N1CCc2ccccc2C1. The molecule has 5 heteroatoms. The second-order valence-electron chi connectivity index (χ2n) is 6.22. The van der Waals surface area contributed by atoms with Crippen molar-refractivity contribution in [1.82, 2.24) is 4.90 Å². The molecule has 0 saturated carbocycles. The number of ether oxygens (including phenoxy) is 2. The van der Waals surface area contributed by atoms with E-state index in [0.717, 1.165) is 25.2 Å². The largest absolute Gasteiger partial charge is 0.454 e. The summed E-state index contributed by atoms with van der Waals surface area (Å²) in [7, 11) is 0. The van der Waals surface area contributed by atoms with Crippen LogP contribution in [0.25, 0.3) is 0 Å². The zero-order valence-electron chi connectivity index (χ0n) is 13.6. The summed E-state index contributed by atoms with van der Waals surface area (Å²) in [6.45, 7) is 3.89. The van der Waals surface area contributed by atoms with Crippen LogP contribution in [-0.2, 0) is 17.8 Å². The highest BCUT2D eigenvalue weighted by molar-refractivity contribution is 5.94. The van der Waals surface area contributed by atoms with E-state index in [1.54, 1.807) is 6.07 Å². The number of carbonyl (C=O) groups excluding carboxylic acids is 1. The molecular weight excluding hydrogens is 304 g/mol. The molecule has 0 aliphatic carbocycles. The van der Waals surface area contributed by atoms with E-state index in [-0.39, 0.29) is 18.7 Å². The third kappa shape index (κ3) is 2.83. The first-order valence-electron chi connectivity index (χ1n) is 8.22. The van der Waals surface area contributed by atoms with E-state index in [1.165, 1.54) is 11.1 Å². The van der Waals surface area contributed by atoms with Gasteiger partial charge in [-0.1, -0.05) is 24.3 Å². The average Bonchev–Trinajstić information content (AvgIpc) is 3.08.